The first-order valence-electron chi connectivity index (χ1n) is 13.5. The van der Waals surface area contributed by atoms with Crippen molar-refractivity contribution in [3.63, 3.8) is 0 Å². The van der Waals surface area contributed by atoms with Gasteiger partial charge in [-0.25, -0.2) is 4.57 Å². The van der Waals surface area contributed by atoms with E-state index in [0.29, 0.717) is 6.61 Å². The van der Waals surface area contributed by atoms with Crippen molar-refractivity contribution in [1.82, 2.24) is 0 Å². The number of benzene rings is 3. The largest absolute Gasteiger partial charge is 0.494 e. The summed E-state index contributed by atoms with van der Waals surface area (Å²) in [5.74, 6) is 0.952. The number of phosphoric ester groups is 1. The molecular formula is C31H41O5P. The van der Waals surface area contributed by atoms with E-state index < -0.39 is 7.82 Å². The van der Waals surface area contributed by atoms with Gasteiger partial charge in [0, 0.05) is 0 Å². The lowest BCUT2D eigenvalue weighted by Crippen LogP contribution is -2.03. The summed E-state index contributed by atoms with van der Waals surface area (Å²) < 4.78 is 36.0. The zero-order chi connectivity index (χ0) is 25.9. The summed E-state index contributed by atoms with van der Waals surface area (Å²) in [5, 5.41) is 0. The first-order chi connectivity index (χ1) is 18.2. The third-order valence-corrected chi connectivity index (χ3v) is 7.40. The fraction of sp³-hybridized carbons (Fsp3) is 0.419. The summed E-state index contributed by atoms with van der Waals surface area (Å²) in [6.07, 6.45) is 10.3. The monoisotopic (exact) mass is 524 g/mol. The third-order valence-electron chi connectivity index (χ3n) is 6.01. The molecule has 0 fully saturated rings. The highest BCUT2D eigenvalue weighted by molar-refractivity contribution is 7.48. The lowest BCUT2D eigenvalue weighted by molar-refractivity contribution is 0.101. The summed E-state index contributed by atoms with van der Waals surface area (Å²) in [6.45, 7) is 1.52. The van der Waals surface area contributed by atoms with Crippen molar-refractivity contribution in [2.75, 3.05) is 13.2 Å². The number of rotatable bonds is 20. The molecule has 0 atom stereocenters. The number of unbranched alkanes of at least 4 members (excludes halogenated alkanes) is 8. The molecule has 0 unspecified atom stereocenters. The smallest absolute Gasteiger partial charge is 0.475 e. The van der Waals surface area contributed by atoms with Crippen LogP contribution in [0.1, 0.15) is 68.9 Å². The van der Waals surface area contributed by atoms with Crippen molar-refractivity contribution in [2.45, 2.75) is 71.0 Å². The molecule has 0 saturated heterocycles. The Morgan fingerprint density at radius 1 is 0.459 bits per heavy atom. The van der Waals surface area contributed by atoms with E-state index in [0.717, 1.165) is 49.2 Å². The van der Waals surface area contributed by atoms with Crippen LogP contribution in [0, 0.1) is 0 Å². The Labute approximate surface area is 222 Å². The van der Waals surface area contributed by atoms with Crippen molar-refractivity contribution < 1.29 is 22.9 Å². The minimum absolute atomic E-state index is 0.186. The van der Waals surface area contributed by atoms with Crippen LogP contribution in [0.2, 0.25) is 0 Å². The SMILES string of the molecule is O=P(OCCCCCCCCCCCOc1ccccc1)(OCc1ccccc1)OCc1ccccc1. The van der Waals surface area contributed by atoms with E-state index in [1.54, 1.807) is 0 Å². The van der Waals surface area contributed by atoms with Crippen LogP contribution < -0.4 is 4.74 Å². The van der Waals surface area contributed by atoms with Gasteiger partial charge in [0.15, 0.2) is 0 Å². The number of ether oxygens (including phenoxy) is 1. The van der Waals surface area contributed by atoms with Crippen molar-refractivity contribution in [3.05, 3.63) is 102 Å². The fourth-order valence-electron chi connectivity index (χ4n) is 3.89. The highest BCUT2D eigenvalue weighted by Gasteiger charge is 2.26. The number of hydrogen-bond donors (Lipinski definition) is 0. The van der Waals surface area contributed by atoms with Crippen molar-refractivity contribution in [3.8, 4) is 5.75 Å². The van der Waals surface area contributed by atoms with Gasteiger partial charge in [-0.2, -0.15) is 0 Å². The minimum Gasteiger partial charge on any atom is -0.494 e. The highest BCUT2D eigenvalue weighted by atomic mass is 31.2. The predicted molar refractivity (Wildman–Crippen MR) is 150 cm³/mol. The van der Waals surface area contributed by atoms with Gasteiger partial charge in [-0.15, -0.1) is 0 Å². The molecule has 5 nitrogen and oxygen atoms in total. The van der Waals surface area contributed by atoms with Crippen LogP contribution >= 0.6 is 7.82 Å². The number of para-hydroxylation sites is 1. The van der Waals surface area contributed by atoms with E-state index in [4.69, 9.17) is 18.3 Å². The van der Waals surface area contributed by atoms with E-state index in [-0.39, 0.29) is 13.2 Å². The Hall–Kier alpha value is -2.43. The van der Waals surface area contributed by atoms with Gasteiger partial charge in [-0.1, -0.05) is 124 Å². The van der Waals surface area contributed by atoms with Crippen molar-refractivity contribution in [2.24, 2.45) is 0 Å². The van der Waals surface area contributed by atoms with Crippen molar-refractivity contribution in [1.29, 1.82) is 0 Å². The van der Waals surface area contributed by atoms with E-state index in [9.17, 15) is 4.57 Å². The summed E-state index contributed by atoms with van der Waals surface area (Å²) in [6, 6.07) is 29.3. The summed E-state index contributed by atoms with van der Waals surface area (Å²) in [4.78, 5) is 0. The molecule has 6 heteroatoms. The molecule has 3 aromatic rings. The summed E-state index contributed by atoms with van der Waals surface area (Å²) >= 11 is 0. The highest BCUT2D eigenvalue weighted by Crippen LogP contribution is 2.51. The molecule has 0 radical (unpaired) electrons. The van der Waals surface area contributed by atoms with Gasteiger partial charge in [-0.3, -0.25) is 13.6 Å². The number of hydrogen-bond acceptors (Lipinski definition) is 5. The zero-order valence-electron chi connectivity index (χ0n) is 21.8. The quantitative estimate of drug-likeness (QED) is 0.109. The van der Waals surface area contributed by atoms with Gasteiger partial charge in [0.2, 0.25) is 0 Å². The molecule has 0 amide bonds. The topological polar surface area (TPSA) is 54.0 Å². The first kappa shape index (κ1) is 29.1. The Kier molecular flexibility index (Phi) is 14.1. The van der Waals surface area contributed by atoms with Crippen LogP contribution in [0.15, 0.2) is 91.0 Å². The average Bonchev–Trinajstić information content (AvgIpc) is 2.95. The van der Waals surface area contributed by atoms with Crippen LogP contribution in [-0.2, 0) is 31.4 Å². The van der Waals surface area contributed by atoms with Crippen LogP contribution in [0.5, 0.6) is 5.75 Å². The zero-order valence-corrected chi connectivity index (χ0v) is 22.7. The second-order valence-corrected chi connectivity index (χ2v) is 10.8. The normalized spacial score (nSPS) is 11.5. The molecule has 0 aliphatic heterocycles. The summed E-state index contributed by atoms with van der Waals surface area (Å²) in [7, 11) is -3.66. The molecule has 3 rings (SSSR count). The lowest BCUT2D eigenvalue weighted by atomic mass is 10.1. The molecule has 3 aromatic carbocycles. The van der Waals surface area contributed by atoms with E-state index in [2.05, 4.69) is 0 Å². The van der Waals surface area contributed by atoms with Gasteiger partial charge < -0.3 is 4.74 Å². The van der Waals surface area contributed by atoms with Gasteiger partial charge in [-0.05, 0) is 36.1 Å². The predicted octanol–water partition coefficient (Wildman–Crippen LogP) is 9.13. The fourth-order valence-corrected chi connectivity index (χ4v) is 5.08. The number of phosphoric acid groups is 1. The molecular weight excluding hydrogens is 483 g/mol. The Morgan fingerprint density at radius 2 is 0.865 bits per heavy atom. The standard InChI is InChI=1S/C31H41O5P/c32-37(35-27-29-19-11-8-12-20-29,36-28-30-21-13-9-14-22-30)34-26-18-7-5-3-1-2-4-6-17-25-33-31-23-15-10-16-24-31/h8-16,19-24H,1-7,17-18,25-28H2. The maximum Gasteiger partial charge on any atom is 0.475 e. The first-order valence-corrected chi connectivity index (χ1v) is 15.0. The Balaban J connectivity index is 1.23. The van der Waals surface area contributed by atoms with Crippen LogP contribution in [0.4, 0.5) is 0 Å². The Bertz CT molecular complexity index is 950. The minimum atomic E-state index is -3.66. The van der Waals surface area contributed by atoms with Crippen LogP contribution in [0.3, 0.4) is 0 Å². The average molecular weight is 525 g/mol. The lowest BCUT2D eigenvalue weighted by Gasteiger charge is -2.18. The molecule has 0 aromatic heterocycles. The summed E-state index contributed by atoms with van der Waals surface area (Å²) in [5.41, 5.74) is 1.86. The second-order valence-electron chi connectivity index (χ2n) is 9.14. The molecule has 0 spiro atoms. The van der Waals surface area contributed by atoms with E-state index in [1.807, 2.05) is 91.0 Å². The van der Waals surface area contributed by atoms with Crippen LogP contribution in [-0.4, -0.2) is 13.2 Å². The molecule has 0 N–H and O–H groups in total. The van der Waals surface area contributed by atoms with Crippen LogP contribution in [0.25, 0.3) is 0 Å². The van der Waals surface area contributed by atoms with E-state index >= 15 is 0 Å². The van der Waals surface area contributed by atoms with Crippen molar-refractivity contribution >= 4 is 7.82 Å². The van der Waals surface area contributed by atoms with Gasteiger partial charge in [0.25, 0.3) is 0 Å². The second kappa shape index (κ2) is 17.9. The van der Waals surface area contributed by atoms with Gasteiger partial charge in [0.1, 0.15) is 5.75 Å². The van der Waals surface area contributed by atoms with E-state index in [1.165, 1.54) is 32.1 Å². The molecule has 0 bridgehead atoms. The maximum absolute atomic E-state index is 13.2. The molecule has 0 saturated carbocycles. The Morgan fingerprint density at radius 3 is 1.35 bits per heavy atom. The third kappa shape index (κ3) is 13.1. The molecule has 200 valence electrons. The maximum atomic E-state index is 13.2. The molecule has 0 heterocycles. The van der Waals surface area contributed by atoms with Gasteiger partial charge in [0.05, 0.1) is 26.4 Å². The van der Waals surface area contributed by atoms with Gasteiger partial charge >= 0.3 is 7.82 Å². The molecule has 0 aliphatic carbocycles. The molecule has 37 heavy (non-hydrogen) atoms. The molecule has 0 aliphatic rings.